The van der Waals surface area contributed by atoms with Gasteiger partial charge >= 0.3 is 0 Å². The summed E-state index contributed by atoms with van der Waals surface area (Å²) in [4.78, 5) is 26.7. The lowest BCUT2D eigenvalue weighted by molar-refractivity contribution is -0.123. The van der Waals surface area contributed by atoms with E-state index in [9.17, 15) is 9.59 Å². The van der Waals surface area contributed by atoms with Crippen molar-refractivity contribution in [2.24, 2.45) is 0 Å². The van der Waals surface area contributed by atoms with Crippen LogP contribution in [0, 0.1) is 0 Å². The number of imide groups is 1. The van der Waals surface area contributed by atoms with Gasteiger partial charge < -0.3 is 4.74 Å². The molecule has 0 spiro atoms. The van der Waals surface area contributed by atoms with Gasteiger partial charge in [-0.2, -0.15) is 0 Å². The highest BCUT2D eigenvalue weighted by atomic mass is 35.5. The Kier molecular flexibility index (Phi) is 7.11. The predicted molar refractivity (Wildman–Crippen MR) is 130 cm³/mol. The fourth-order valence-corrected chi connectivity index (χ4v) is 4.54. The zero-order valence-electron chi connectivity index (χ0n) is 16.6. The van der Waals surface area contributed by atoms with Gasteiger partial charge in [0.25, 0.3) is 11.1 Å². The van der Waals surface area contributed by atoms with E-state index in [0.717, 1.165) is 22.9 Å². The Morgan fingerprint density at radius 2 is 1.62 bits per heavy atom. The van der Waals surface area contributed by atoms with Crippen molar-refractivity contribution in [2.75, 3.05) is 0 Å². The number of carbonyl (C=O) groups is 2. The molecule has 0 saturated carbocycles. The summed E-state index contributed by atoms with van der Waals surface area (Å²) in [5.74, 6) is 0.317. The average molecular weight is 505 g/mol. The van der Waals surface area contributed by atoms with E-state index in [4.69, 9.17) is 39.5 Å². The fraction of sp³-hybridized carbons (Fsp3) is 0.0833. The van der Waals surface area contributed by atoms with Crippen molar-refractivity contribution in [1.29, 1.82) is 0 Å². The molecule has 0 radical (unpaired) electrons. The third-order valence-electron chi connectivity index (χ3n) is 4.75. The van der Waals surface area contributed by atoms with Gasteiger partial charge in [0, 0.05) is 20.6 Å². The van der Waals surface area contributed by atoms with E-state index in [-0.39, 0.29) is 17.7 Å². The lowest BCUT2D eigenvalue weighted by Gasteiger charge is -2.13. The fourth-order valence-electron chi connectivity index (χ4n) is 3.04. The Morgan fingerprint density at radius 3 is 2.34 bits per heavy atom. The second kappa shape index (κ2) is 10.0. The van der Waals surface area contributed by atoms with Crippen molar-refractivity contribution in [3.8, 4) is 5.75 Å². The summed E-state index contributed by atoms with van der Waals surface area (Å²) < 4.78 is 5.78. The van der Waals surface area contributed by atoms with Crippen molar-refractivity contribution in [3.63, 3.8) is 0 Å². The highest BCUT2D eigenvalue weighted by Gasteiger charge is 2.35. The summed E-state index contributed by atoms with van der Waals surface area (Å²) in [6.45, 7) is 0.442. The quantitative estimate of drug-likeness (QED) is 0.327. The van der Waals surface area contributed by atoms with Crippen LogP contribution in [0.5, 0.6) is 5.75 Å². The summed E-state index contributed by atoms with van der Waals surface area (Å²) in [7, 11) is 0. The molecule has 4 rings (SSSR count). The standard InChI is InChI=1S/C24H16Cl3NO3S/c25-18-8-7-16(21(27)12-18)13-28-23(29)22(32-24(28)30)11-15-5-9-19(10-6-15)31-14-17-3-1-2-4-20(17)26/h1-12H,13-14H2/b22-11-. The van der Waals surface area contributed by atoms with Gasteiger partial charge in [0.05, 0.1) is 11.4 Å². The maximum atomic E-state index is 12.8. The van der Waals surface area contributed by atoms with Crippen molar-refractivity contribution in [3.05, 3.63) is 103 Å². The van der Waals surface area contributed by atoms with Crippen LogP contribution in [0.4, 0.5) is 4.79 Å². The molecule has 3 aromatic rings. The molecule has 1 aliphatic rings. The number of ether oxygens (including phenoxy) is 1. The summed E-state index contributed by atoms with van der Waals surface area (Å²) >= 11 is 19.1. The molecule has 3 aromatic carbocycles. The number of hydrogen-bond acceptors (Lipinski definition) is 4. The first-order valence-electron chi connectivity index (χ1n) is 9.56. The molecule has 162 valence electrons. The van der Waals surface area contributed by atoms with Crippen LogP contribution in [0.2, 0.25) is 15.1 Å². The molecule has 1 fully saturated rings. The molecule has 0 aromatic heterocycles. The van der Waals surface area contributed by atoms with Crippen molar-refractivity contribution >= 4 is 63.8 Å². The zero-order valence-corrected chi connectivity index (χ0v) is 19.6. The van der Waals surface area contributed by atoms with Gasteiger partial charge in [0.1, 0.15) is 12.4 Å². The smallest absolute Gasteiger partial charge is 0.293 e. The van der Waals surface area contributed by atoms with Crippen LogP contribution in [0.25, 0.3) is 6.08 Å². The van der Waals surface area contributed by atoms with Crippen LogP contribution in [-0.2, 0) is 17.9 Å². The Hall–Kier alpha value is -2.44. The normalized spacial score (nSPS) is 15.0. The number of benzene rings is 3. The topological polar surface area (TPSA) is 46.6 Å². The first kappa shape index (κ1) is 22.7. The van der Waals surface area contributed by atoms with Gasteiger partial charge in [0.15, 0.2) is 0 Å². The Balaban J connectivity index is 1.42. The van der Waals surface area contributed by atoms with Crippen LogP contribution in [0.3, 0.4) is 0 Å². The van der Waals surface area contributed by atoms with Gasteiger partial charge in [-0.1, -0.05) is 71.2 Å². The Bertz CT molecular complexity index is 1210. The predicted octanol–water partition coefficient (Wildman–Crippen LogP) is 7.46. The molecule has 1 saturated heterocycles. The summed E-state index contributed by atoms with van der Waals surface area (Å²) in [5, 5.41) is 1.21. The monoisotopic (exact) mass is 503 g/mol. The van der Waals surface area contributed by atoms with Gasteiger partial charge in [0.2, 0.25) is 0 Å². The Morgan fingerprint density at radius 1 is 0.875 bits per heavy atom. The Labute approximate surface area is 204 Å². The number of amides is 2. The minimum absolute atomic E-state index is 0.0901. The van der Waals surface area contributed by atoms with E-state index in [2.05, 4.69) is 0 Å². The van der Waals surface area contributed by atoms with Gasteiger partial charge in [-0.05, 0) is 59.3 Å². The summed E-state index contributed by atoms with van der Waals surface area (Å²) in [6.07, 6.45) is 1.69. The summed E-state index contributed by atoms with van der Waals surface area (Å²) in [5.41, 5.74) is 2.33. The molecular weight excluding hydrogens is 489 g/mol. The summed E-state index contributed by atoms with van der Waals surface area (Å²) in [6, 6.07) is 19.7. The largest absolute Gasteiger partial charge is 0.489 e. The number of rotatable bonds is 6. The van der Waals surface area contributed by atoms with Crippen molar-refractivity contribution in [2.45, 2.75) is 13.2 Å². The van der Waals surface area contributed by atoms with Crippen LogP contribution >= 0.6 is 46.6 Å². The minimum Gasteiger partial charge on any atom is -0.489 e. The van der Waals surface area contributed by atoms with E-state index in [1.165, 1.54) is 4.90 Å². The van der Waals surface area contributed by atoms with E-state index in [1.54, 1.807) is 36.4 Å². The molecule has 0 bridgehead atoms. The number of thioether (sulfide) groups is 1. The molecule has 8 heteroatoms. The molecule has 4 nitrogen and oxygen atoms in total. The molecule has 1 heterocycles. The van der Waals surface area contributed by atoms with Gasteiger partial charge in [-0.15, -0.1) is 0 Å². The maximum absolute atomic E-state index is 12.8. The van der Waals surface area contributed by atoms with Crippen molar-refractivity contribution in [1.82, 2.24) is 4.90 Å². The van der Waals surface area contributed by atoms with Crippen LogP contribution < -0.4 is 4.74 Å². The first-order valence-corrected chi connectivity index (χ1v) is 11.5. The number of carbonyl (C=O) groups excluding carboxylic acids is 2. The zero-order chi connectivity index (χ0) is 22.7. The molecule has 0 N–H and O–H groups in total. The number of nitrogens with zero attached hydrogens (tertiary/aromatic N) is 1. The van der Waals surface area contributed by atoms with Crippen molar-refractivity contribution < 1.29 is 14.3 Å². The molecule has 0 unspecified atom stereocenters. The first-order chi connectivity index (χ1) is 15.4. The average Bonchev–Trinajstić information content (AvgIpc) is 3.03. The SMILES string of the molecule is O=C1S/C(=C\c2ccc(OCc3ccccc3Cl)cc2)C(=O)N1Cc1ccc(Cl)cc1Cl. The molecule has 1 aliphatic heterocycles. The van der Waals surface area contributed by atoms with E-state index in [0.29, 0.717) is 37.9 Å². The lowest BCUT2D eigenvalue weighted by Crippen LogP contribution is -2.27. The minimum atomic E-state index is -0.356. The second-order valence-electron chi connectivity index (χ2n) is 6.95. The number of halogens is 3. The van der Waals surface area contributed by atoms with Gasteiger partial charge in [-0.25, -0.2) is 0 Å². The number of hydrogen-bond donors (Lipinski definition) is 0. The molecule has 32 heavy (non-hydrogen) atoms. The highest BCUT2D eigenvalue weighted by Crippen LogP contribution is 2.34. The van der Waals surface area contributed by atoms with Gasteiger partial charge in [-0.3, -0.25) is 14.5 Å². The molecule has 0 atom stereocenters. The van der Waals surface area contributed by atoms with E-state index < -0.39 is 0 Å². The van der Waals surface area contributed by atoms with Crippen LogP contribution in [-0.4, -0.2) is 16.0 Å². The van der Waals surface area contributed by atoms with E-state index in [1.807, 2.05) is 36.4 Å². The maximum Gasteiger partial charge on any atom is 0.293 e. The second-order valence-corrected chi connectivity index (χ2v) is 9.20. The molecular formula is C24H16Cl3NO3S. The molecule has 2 amide bonds. The lowest BCUT2D eigenvalue weighted by atomic mass is 10.2. The van der Waals surface area contributed by atoms with Crippen LogP contribution in [0.15, 0.2) is 71.6 Å². The third-order valence-corrected chi connectivity index (χ3v) is 6.61. The highest BCUT2D eigenvalue weighted by molar-refractivity contribution is 8.18. The third kappa shape index (κ3) is 5.30. The molecule has 0 aliphatic carbocycles. The van der Waals surface area contributed by atoms with Crippen LogP contribution in [0.1, 0.15) is 16.7 Å². The van der Waals surface area contributed by atoms with E-state index >= 15 is 0 Å².